The van der Waals surface area contributed by atoms with Gasteiger partial charge >= 0.3 is 5.63 Å². The summed E-state index contributed by atoms with van der Waals surface area (Å²) in [5.41, 5.74) is 1.51. The summed E-state index contributed by atoms with van der Waals surface area (Å²) in [6.45, 7) is 0. The van der Waals surface area contributed by atoms with E-state index in [2.05, 4.69) is 16.8 Å². The van der Waals surface area contributed by atoms with E-state index in [9.17, 15) is 4.79 Å². The quantitative estimate of drug-likeness (QED) is 0.465. The van der Waals surface area contributed by atoms with E-state index in [0.717, 1.165) is 5.56 Å². The van der Waals surface area contributed by atoms with Crippen LogP contribution in [0.2, 0.25) is 0 Å². The number of ether oxygens (including phenoxy) is 3. The zero-order chi connectivity index (χ0) is 21.8. The van der Waals surface area contributed by atoms with Crippen molar-refractivity contribution in [3.8, 4) is 40.4 Å². The van der Waals surface area contributed by atoms with E-state index in [1.165, 1.54) is 7.11 Å². The number of fused-ring (bicyclic) bond motifs is 1. The van der Waals surface area contributed by atoms with Gasteiger partial charge < -0.3 is 18.6 Å². The second-order valence-electron chi connectivity index (χ2n) is 6.57. The van der Waals surface area contributed by atoms with Crippen LogP contribution in [0.5, 0.6) is 17.2 Å². The number of rotatable bonds is 4. The highest BCUT2D eigenvalue weighted by Gasteiger charge is 2.18. The third-order valence-corrected chi connectivity index (χ3v) is 4.78. The summed E-state index contributed by atoms with van der Waals surface area (Å²) in [6.07, 6.45) is 3.35. The van der Waals surface area contributed by atoms with Gasteiger partial charge in [0.25, 0.3) is 0 Å². The van der Waals surface area contributed by atoms with E-state index in [4.69, 9.17) is 18.6 Å². The molecule has 2 aromatic carbocycles. The van der Waals surface area contributed by atoms with Crippen molar-refractivity contribution >= 4 is 10.8 Å². The average molecular weight is 413 g/mol. The highest BCUT2D eigenvalue weighted by atomic mass is 16.5. The average Bonchev–Trinajstić information content (AvgIpc) is 2.83. The van der Waals surface area contributed by atoms with Gasteiger partial charge in [0.2, 0.25) is 0 Å². The molecule has 31 heavy (non-hydrogen) atoms. The molecule has 4 aromatic rings. The Kier molecular flexibility index (Phi) is 5.59. The molecule has 0 unspecified atom stereocenters. The predicted octanol–water partition coefficient (Wildman–Crippen LogP) is 4.28. The van der Waals surface area contributed by atoms with Crippen molar-refractivity contribution in [2.45, 2.75) is 0 Å². The molecule has 0 spiro atoms. The molecule has 6 heteroatoms. The maximum Gasteiger partial charge on any atom is 0.344 e. The second-order valence-corrected chi connectivity index (χ2v) is 6.57. The van der Waals surface area contributed by atoms with Crippen molar-refractivity contribution in [1.29, 1.82) is 0 Å². The fourth-order valence-corrected chi connectivity index (χ4v) is 3.22. The fourth-order valence-electron chi connectivity index (χ4n) is 3.22. The molecule has 0 aliphatic heterocycles. The molecule has 0 saturated carbocycles. The van der Waals surface area contributed by atoms with Gasteiger partial charge in [-0.25, -0.2) is 4.79 Å². The smallest absolute Gasteiger partial charge is 0.344 e. The molecule has 0 bridgehead atoms. The van der Waals surface area contributed by atoms with E-state index in [-0.39, 0.29) is 0 Å². The van der Waals surface area contributed by atoms with Crippen molar-refractivity contribution in [1.82, 2.24) is 4.98 Å². The molecule has 6 nitrogen and oxygen atoms in total. The van der Waals surface area contributed by atoms with Gasteiger partial charge in [0.15, 0.2) is 17.3 Å². The van der Waals surface area contributed by atoms with Gasteiger partial charge in [-0.15, -0.1) is 0 Å². The molecule has 0 N–H and O–H groups in total. The van der Waals surface area contributed by atoms with Crippen LogP contribution in [0, 0.1) is 11.8 Å². The number of pyridine rings is 1. The first-order valence-electron chi connectivity index (χ1n) is 9.44. The molecular formula is C25H19NO5. The molecule has 2 heterocycles. The monoisotopic (exact) mass is 413 g/mol. The summed E-state index contributed by atoms with van der Waals surface area (Å²) in [5, 5.41) is 0.960. The van der Waals surface area contributed by atoms with Gasteiger partial charge in [-0.1, -0.05) is 11.8 Å². The lowest BCUT2D eigenvalue weighted by Crippen LogP contribution is -2.05. The molecule has 0 saturated heterocycles. The SMILES string of the molecule is COc1ccc(-c2oc(=O)c3cc(OC)c(OC)cc3c2C#Cc2cccnc2)cc1. The van der Waals surface area contributed by atoms with Crippen LogP contribution in [0.3, 0.4) is 0 Å². The van der Waals surface area contributed by atoms with Crippen LogP contribution in [-0.2, 0) is 0 Å². The Labute approximate surface area is 179 Å². The Bertz CT molecular complexity index is 1350. The zero-order valence-electron chi connectivity index (χ0n) is 17.3. The van der Waals surface area contributed by atoms with Gasteiger partial charge in [0.1, 0.15) is 5.75 Å². The zero-order valence-corrected chi connectivity index (χ0v) is 17.3. The molecule has 0 amide bonds. The maximum atomic E-state index is 12.8. The number of methoxy groups -OCH3 is 3. The molecule has 0 radical (unpaired) electrons. The van der Waals surface area contributed by atoms with E-state index in [1.807, 2.05) is 24.3 Å². The van der Waals surface area contributed by atoms with E-state index < -0.39 is 5.63 Å². The molecular weight excluding hydrogens is 394 g/mol. The van der Waals surface area contributed by atoms with Gasteiger partial charge in [-0.3, -0.25) is 4.98 Å². The second kappa shape index (κ2) is 8.64. The van der Waals surface area contributed by atoms with E-state index >= 15 is 0 Å². The van der Waals surface area contributed by atoms with Crippen molar-refractivity contribution in [3.63, 3.8) is 0 Å². The predicted molar refractivity (Wildman–Crippen MR) is 118 cm³/mol. The first-order chi connectivity index (χ1) is 15.1. The minimum absolute atomic E-state index is 0.352. The van der Waals surface area contributed by atoms with Crippen molar-refractivity contribution in [2.24, 2.45) is 0 Å². The third kappa shape index (κ3) is 3.94. The Hall–Kier alpha value is -4.24. The molecule has 4 rings (SSSR count). The van der Waals surface area contributed by atoms with Crippen molar-refractivity contribution < 1.29 is 18.6 Å². The van der Waals surface area contributed by atoms with Gasteiger partial charge in [-0.2, -0.15) is 0 Å². The van der Waals surface area contributed by atoms with Crippen LogP contribution in [0.4, 0.5) is 0 Å². The van der Waals surface area contributed by atoms with Crippen LogP contribution < -0.4 is 19.8 Å². The minimum atomic E-state index is -0.492. The number of hydrogen-bond donors (Lipinski definition) is 0. The lowest BCUT2D eigenvalue weighted by Gasteiger charge is -2.12. The summed E-state index contributed by atoms with van der Waals surface area (Å²) < 4.78 is 21.8. The topological polar surface area (TPSA) is 70.8 Å². The third-order valence-electron chi connectivity index (χ3n) is 4.78. The number of hydrogen-bond acceptors (Lipinski definition) is 6. The summed E-state index contributed by atoms with van der Waals surface area (Å²) in [6, 6.07) is 14.2. The number of nitrogens with zero attached hydrogens (tertiary/aromatic N) is 1. The Morgan fingerprint density at radius 3 is 2.19 bits per heavy atom. The molecule has 0 aliphatic carbocycles. The Balaban J connectivity index is 2.03. The van der Waals surface area contributed by atoms with Crippen molar-refractivity contribution in [2.75, 3.05) is 21.3 Å². The van der Waals surface area contributed by atoms with Crippen LogP contribution in [-0.4, -0.2) is 26.3 Å². The highest BCUT2D eigenvalue weighted by Crippen LogP contribution is 2.35. The molecule has 0 fully saturated rings. The Morgan fingerprint density at radius 2 is 1.58 bits per heavy atom. The summed E-state index contributed by atoms with van der Waals surface area (Å²) in [5.74, 6) is 8.25. The lowest BCUT2D eigenvalue weighted by molar-refractivity contribution is 0.355. The minimum Gasteiger partial charge on any atom is -0.497 e. The molecule has 2 aromatic heterocycles. The summed E-state index contributed by atoms with van der Waals surface area (Å²) >= 11 is 0. The number of aromatic nitrogens is 1. The van der Waals surface area contributed by atoms with E-state index in [0.29, 0.717) is 44.9 Å². The largest absolute Gasteiger partial charge is 0.497 e. The van der Waals surface area contributed by atoms with Crippen LogP contribution in [0.1, 0.15) is 11.1 Å². The highest BCUT2D eigenvalue weighted by molar-refractivity contribution is 5.94. The van der Waals surface area contributed by atoms with Crippen LogP contribution in [0.25, 0.3) is 22.1 Å². The fraction of sp³-hybridized carbons (Fsp3) is 0.120. The van der Waals surface area contributed by atoms with Crippen molar-refractivity contribution in [3.05, 3.63) is 82.5 Å². The molecule has 154 valence electrons. The first-order valence-corrected chi connectivity index (χ1v) is 9.44. The van der Waals surface area contributed by atoms with Gasteiger partial charge in [0.05, 0.1) is 32.3 Å². The van der Waals surface area contributed by atoms with Gasteiger partial charge in [0, 0.05) is 28.9 Å². The van der Waals surface area contributed by atoms with Crippen LogP contribution in [0.15, 0.2) is 70.1 Å². The molecule has 0 aliphatic rings. The normalized spacial score (nSPS) is 10.3. The van der Waals surface area contributed by atoms with Gasteiger partial charge in [-0.05, 0) is 48.5 Å². The standard InChI is InChI=1S/C25H19NO5/c1-28-18-9-7-17(8-10-18)24-19(11-6-16-5-4-12-26-15-16)20-13-22(29-2)23(30-3)14-21(20)25(27)31-24/h4-5,7-10,12-15H,1-3H3. The molecule has 0 atom stereocenters. The lowest BCUT2D eigenvalue weighted by atomic mass is 10.0. The first kappa shape index (κ1) is 20.0. The number of benzene rings is 2. The maximum absolute atomic E-state index is 12.8. The van der Waals surface area contributed by atoms with Crippen LogP contribution >= 0.6 is 0 Å². The summed E-state index contributed by atoms with van der Waals surface area (Å²) in [4.78, 5) is 16.9. The summed E-state index contributed by atoms with van der Waals surface area (Å²) in [7, 11) is 4.65. The van der Waals surface area contributed by atoms with E-state index in [1.54, 1.807) is 50.9 Å². The Morgan fingerprint density at radius 1 is 0.871 bits per heavy atom.